The van der Waals surface area contributed by atoms with Gasteiger partial charge in [-0.15, -0.1) is 0 Å². The van der Waals surface area contributed by atoms with Gasteiger partial charge in [-0.1, -0.05) is 6.92 Å². The quantitative estimate of drug-likeness (QED) is 0.470. The minimum absolute atomic E-state index is 0.116. The molecule has 0 amide bonds. The number of methoxy groups -OCH3 is 1. The van der Waals surface area contributed by atoms with Crippen LogP contribution in [0.15, 0.2) is 0 Å². The van der Waals surface area contributed by atoms with E-state index < -0.39 is 10.0 Å². The summed E-state index contributed by atoms with van der Waals surface area (Å²) in [6.45, 7) is 5.27. The normalized spacial score (nSPS) is 11.9. The molecule has 17 heavy (non-hydrogen) atoms. The number of sulfonamides is 1. The lowest BCUT2D eigenvalue weighted by molar-refractivity contribution is 0.0699. The summed E-state index contributed by atoms with van der Waals surface area (Å²) in [5.74, 6) is 0.116. The molecule has 104 valence electrons. The van der Waals surface area contributed by atoms with Crippen LogP contribution in [0.25, 0.3) is 0 Å². The first-order valence-electron chi connectivity index (χ1n) is 5.87. The molecule has 0 aromatic carbocycles. The first kappa shape index (κ1) is 16.8. The maximum Gasteiger partial charge on any atom is 0.212 e. The van der Waals surface area contributed by atoms with Gasteiger partial charge in [0.15, 0.2) is 0 Å². The molecule has 7 heteroatoms. The van der Waals surface area contributed by atoms with Crippen molar-refractivity contribution in [1.82, 2.24) is 10.0 Å². The Hall–Kier alpha value is -0.210. The van der Waals surface area contributed by atoms with Gasteiger partial charge in [0.25, 0.3) is 0 Å². The molecule has 0 aliphatic rings. The minimum atomic E-state index is -3.14. The van der Waals surface area contributed by atoms with E-state index in [-0.39, 0.29) is 5.75 Å². The molecule has 2 N–H and O–H groups in total. The molecule has 0 radical (unpaired) electrons. The Labute approximate surface area is 104 Å². The second kappa shape index (κ2) is 10.9. The zero-order valence-corrected chi connectivity index (χ0v) is 11.5. The minimum Gasteiger partial charge on any atom is -0.382 e. The van der Waals surface area contributed by atoms with Gasteiger partial charge in [-0.2, -0.15) is 0 Å². The van der Waals surface area contributed by atoms with Gasteiger partial charge in [0.1, 0.15) is 0 Å². The van der Waals surface area contributed by atoms with E-state index in [0.717, 1.165) is 6.54 Å². The van der Waals surface area contributed by atoms with Crippen LogP contribution in [0.3, 0.4) is 0 Å². The van der Waals surface area contributed by atoms with E-state index in [1.54, 1.807) is 7.11 Å². The van der Waals surface area contributed by atoms with Gasteiger partial charge < -0.3 is 14.8 Å². The molecule has 6 nitrogen and oxygen atoms in total. The monoisotopic (exact) mass is 268 g/mol. The van der Waals surface area contributed by atoms with Crippen molar-refractivity contribution in [3.05, 3.63) is 0 Å². The fourth-order valence-corrected chi connectivity index (χ4v) is 2.11. The number of hydrogen-bond donors (Lipinski definition) is 2. The van der Waals surface area contributed by atoms with Crippen molar-refractivity contribution < 1.29 is 17.9 Å². The van der Waals surface area contributed by atoms with Crippen LogP contribution in [0.2, 0.25) is 0 Å². The highest BCUT2D eigenvalue weighted by Crippen LogP contribution is 1.86. The van der Waals surface area contributed by atoms with Crippen LogP contribution in [0.5, 0.6) is 0 Å². The van der Waals surface area contributed by atoms with Crippen LogP contribution >= 0.6 is 0 Å². The zero-order chi connectivity index (χ0) is 13.0. The summed E-state index contributed by atoms with van der Waals surface area (Å²) in [5.41, 5.74) is 0. The molecule has 0 aromatic rings. The van der Waals surface area contributed by atoms with Crippen molar-refractivity contribution >= 4 is 10.0 Å². The van der Waals surface area contributed by atoms with Gasteiger partial charge in [0.2, 0.25) is 10.0 Å². The van der Waals surface area contributed by atoms with Crippen molar-refractivity contribution in [2.24, 2.45) is 0 Å². The van der Waals surface area contributed by atoms with Crippen LogP contribution in [0, 0.1) is 0 Å². The van der Waals surface area contributed by atoms with Crippen molar-refractivity contribution in [1.29, 1.82) is 0 Å². The first-order valence-corrected chi connectivity index (χ1v) is 7.52. The average molecular weight is 268 g/mol. The lowest BCUT2D eigenvalue weighted by Crippen LogP contribution is -2.32. The summed E-state index contributed by atoms with van der Waals surface area (Å²) >= 11 is 0. The second-order valence-corrected chi connectivity index (χ2v) is 5.45. The van der Waals surface area contributed by atoms with Crippen LogP contribution in [0.1, 0.15) is 13.3 Å². The lowest BCUT2D eigenvalue weighted by Gasteiger charge is -2.07. The van der Waals surface area contributed by atoms with Gasteiger partial charge in [-0.25, -0.2) is 13.1 Å². The highest BCUT2D eigenvalue weighted by Gasteiger charge is 2.07. The predicted octanol–water partition coefficient (Wildman–Crippen LogP) is -0.432. The molecule has 0 rings (SSSR count). The first-order chi connectivity index (χ1) is 8.12. The Kier molecular flexibility index (Phi) is 10.8. The molecule has 0 unspecified atom stereocenters. The highest BCUT2D eigenvalue weighted by atomic mass is 32.2. The fourth-order valence-electron chi connectivity index (χ4n) is 1.10. The lowest BCUT2D eigenvalue weighted by atomic mass is 10.5. The average Bonchev–Trinajstić information content (AvgIpc) is 2.28. The van der Waals surface area contributed by atoms with Crippen LogP contribution in [0.4, 0.5) is 0 Å². The van der Waals surface area contributed by atoms with Crippen molar-refractivity contribution in [3.8, 4) is 0 Å². The summed E-state index contributed by atoms with van der Waals surface area (Å²) < 4.78 is 35.4. The van der Waals surface area contributed by atoms with E-state index in [1.807, 2.05) is 6.92 Å². The van der Waals surface area contributed by atoms with Gasteiger partial charge in [-0.05, 0) is 13.0 Å². The largest absolute Gasteiger partial charge is 0.382 e. The molecule has 0 aliphatic heterocycles. The van der Waals surface area contributed by atoms with Crippen molar-refractivity contribution in [3.63, 3.8) is 0 Å². The summed E-state index contributed by atoms with van der Waals surface area (Å²) in [6.07, 6.45) is 0.671. The van der Waals surface area contributed by atoms with Crippen LogP contribution in [-0.2, 0) is 19.5 Å². The van der Waals surface area contributed by atoms with E-state index in [0.29, 0.717) is 39.3 Å². The molecular formula is C10H24N2O4S. The number of hydrogen-bond acceptors (Lipinski definition) is 5. The Balaban J connectivity index is 3.39. The number of rotatable bonds is 12. The molecule has 0 saturated carbocycles. The van der Waals surface area contributed by atoms with Gasteiger partial charge >= 0.3 is 0 Å². The molecule has 0 aromatic heterocycles. The maximum atomic E-state index is 11.4. The molecular weight excluding hydrogens is 244 g/mol. The molecule has 0 fully saturated rings. The molecule has 0 atom stereocenters. The van der Waals surface area contributed by atoms with Crippen LogP contribution < -0.4 is 10.0 Å². The topological polar surface area (TPSA) is 76.7 Å². The second-order valence-electron chi connectivity index (χ2n) is 3.53. The third kappa shape index (κ3) is 12.0. The predicted molar refractivity (Wildman–Crippen MR) is 67.6 cm³/mol. The summed E-state index contributed by atoms with van der Waals surface area (Å²) in [4.78, 5) is 0. The van der Waals surface area contributed by atoms with Gasteiger partial charge in [0, 0.05) is 26.8 Å². The Morgan fingerprint density at radius 2 is 1.88 bits per heavy atom. The number of ether oxygens (including phenoxy) is 2. The summed E-state index contributed by atoms with van der Waals surface area (Å²) in [6, 6.07) is 0. The van der Waals surface area contributed by atoms with Gasteiger partial charge in [-0.3, -0.25) is 0 Å². The third-order valence-electron chi connectivity index (χ3n) is 2.02. The molecule has 0 bridgehead atoms. The Morgan fingerprint density at radius 1 is 1.12 bits per heavy atom. The van der Waals surface area contributed by atoms with E-state index in [9.17, 15) is 8.42 Å². The van der Waals surface area contributed by atoms with E-state index in [2.05, 4.69) is 10.0 Å². The Bertz CT molecular complexity index is 257. The van der Waals surface area contributed by atoms with E-state index >= 15 is 0 Å². The van der Waals surface area contributed by atoms with E-state index in [4.69, 9.17) is 9.47 Å². The van der Waals surface area contributed by atoms with Crippen molar-refractivity contribution in [2.75, 3.05) is 52.3 Å². The van der Waals surface area contributed by atoms with Crippen molar-refractivity contribution in [2.45, 2.75) is 13.3 Å². The number of nitrogens with one attached hydrogen (secondary N) is 2. The molecule has 0 aliphatic carbocycles. The molecule has 0 heterocycles. The molecule has 0 spiro atoms. The summed E-state index contributed by atoms with van der Waals surface area (Å²) in [5, 5.41) is 2.97. The summed E-state index contributed by atoms with van der Waals surface area (Å²) in [7, 11) is -1.53. The highest BCUT2D eigenvalue weighted by molar-refractivity contribution is 7.89. The SMILES string of the molecule is CCNCCS(=O)(=O)NCCCOCCOC. The smallest absolute Gasteiger partial charge is 0.212 e. The standard InChI is InChI=1S/C10H24N2O4S/c1-3-11-6-10-17(13,14)12-5-4-7-16-9-8-15-2/h11-12H,3-10H2,1-2H3. The third-order valence-corrected chi connectivity index (χ3v) is 3.40. The molecule has 0 saturated heterocycles. The van der Waals surface area contributed by atoms with E-state index in [1.165, 1.54) is 0 Å². The zero-order valence-electron chi connectivity index (χ0n) is 10.7. The Morgan fingerprint density at radius 3 is 2.53 bits per heavy atom. The van der Waals surface area contributed by atoms with Crippen LogP contribution in [-0.4, -0.2) is 60.7 Å². The van der Waals surface area contributed by atoms with Gasteiger partial charge in [0.05, 0.1) is 19.0 Å². The fraction of sp³-hybridized carbons (Fsp3) is 1.00. The maximum absolute atomic E-state index is 11.4.